The number of nitrogens with zero attached hydrogens (tertiary/aromatic N) is 3. The maximum atomic E-state index is 12.0. The van der Waals surface area contributed by atoms with Crippen LogP contribution >= 0.6 is 23.4 Å². The summed E-state index contributed by atoms with van der Waals surface area (Å²) in [4.78, 5) is 23.1. The van der Waals surface area contributed by atoms with Crippen LogP contribution in [0.5, 0.6) is 0 Å². The number of thioether (sulfide) groups is 1. The number of benzene rings is 1. The van der Waals surface area contributed by atoms with Gasteiger partial charge in [0.05, 0.1) is 5.75 Å². The molecule has 0 unspecified atom stereocenters. The molecule has 0 atom stereocenters. The summed E-state index contributed by atoms with van der Waals surface area (Å²) in [7, 11) is 0. The summed E-state index contributed by atoms with van der Waals surface area (Å²) in [5, 5.41) is 12.4. The van der Waals surface area contributed by atoms with Gasteiger partial charge in [0.2, 0.25) is 5.91 Å². The fourth-order valence-electron chi connectivity index (χ4n) is 2.02. The van der Waals surface area contributed by atoms with Crippen LogP contribution in [-0.4, -0.2) is 45.2 Å². The molecule has 2 rings (SSSR count). The highest BCUT2D eigenvalue weighted by Crippen LogP contribution is 2.25. The third kappa shape index (κ3) is 6.57. The van der Waals surface area contributed by atoms with Crippen molar-refractivity contribution < 1.29 is 22.8 Å². The number of alkyl halides is 3. The predicted molar refractivity (Wildman–Crippen MR) is 99.0 cm³/mol. The van der Waals surface area contributed by atoms with Crippen LogP contribution in [0.1, 0.15) is 0 Å². The van der Waals surface area contributed by atoms with Gasteiger partial charge in [0.15, 0.2) is 11.0 Å². The monoisotopic (exact) mass is 433 g/mol. The number of nitrogens with one attached hydrogen (secondary N) is 2. The van der Waals surface area contributed by atoms with Crippen molar-refractivity contribution in [2.45, 2.75) is 17.9 Å². The molecule has 0 saturated carbocycles. The molecule has 12 heteroatoms. The first-order chi connectivity index (χ1) is 13.2. The summed E-state index contributed by atoms with van der Waals surface area (Å²) in [6, 6.07) is 5.70. The van der Waals surface area contributed by atoms with Gasteiger partial charge >= 0.3 is 12.2 Å². The van der Waals surface area contributed by atoms with Gasteiger partial charge in [-0.25, -0.2) is 4.79 Å². The lowest BCUT2D eigenvalue weighted by molar-refractivity contribution is -0.124. The topological polar surface area (TPSA) is 88.9 Å². The van der Waals surface area contributed by atoms with Crippen molar-refractivity contribution in [2.75, 3.05) is 12.3 Å². The molecule has 0 spiro atoms. The van der Waals surface area contributed by atoms with Crippen molar-refractivity contribution in [3.63, 3.8) is 0 Å². The average molecular weight is 434 g/mol. The Balaban J connectivity index is 2.00. The van der Waals surface area contributed by atoms with Crippen LogP contribution in [0.15, 0.2) is 42.1 Å². The summed E-state index contributed by atoms with van der Waals surface area (Å²) >= 11 is 6.86. The highest BCUT2D eigenvalue weighted by atomic mass is 35.5. The smallest absolute Gasteiger partial charge is 0.329 e. The Bertz CT molecular complexity index is 855. The molecule has 28 heavy (non-hydrogen) atoms. The number of aromatic nitrogens is 3. The van der Waals surface area contributed by atoms with Gasteiger partial charge < -0.3 is 5.32 Å². The Hall–Kier alpha value is -2.53. The minimum Gasteiger partial charge on any atom is -0.329 e. The number of carbonyl (C=O) groups excluding carboxylic acids is 2. The first-order valence-electron chi connectivity index (χ1n) is 7.77. The minimum atomic E-state index is -4.56. The lowest BCUT2D eigenvalue weighted by Crippen LogP contribution is -2.43. The van der Waals surface area contributed by atoms with Gasteiger partial charge in [0.25, 0.3) is 0 Å². The molecule has 2 N–H and O–H groups in total. The van der Waals surface area contributed by atoms with E-state index in [0.717, 1.165) is 17.3 Å². The standard InChI is InChI=1S/C16H15ClF3N5O2S/c1-2-7-25-13(10-3-5-11(17)6-4-10)23-24-15(25)28-8-12(26)22-14(27)21-9-16(18,19)20/h2-6H,1,7-9H2,(H2,21,22,26,27). The Morgan fingerprint density at radius 1 is 1.25 bits per heavy atom. The molecule has 0 aliphatic rings. The van der Waals surface area contributed by atoms with Crippen LogP contribution in [0.25, 0.3) is 11.4 Å². The zero-order valence-electron chi connectivity index (χ0n) is 14.3. The van der Waals surface area contributed by atoms with Crippen LogP contribution in [0.3, 0.4) is 0 Å². The van der Waals surface area contributed by atoms with Crippen LogP contribution in [-0.2, 0) is 11.3 Å². The van der Waals surface area contributed by atoms with Gasteiger partial charge in [-0.05, 0) is 24.3 Å². The van der Waals surface area contributed by atoms with Crippen LogP contribution in [0, 0.1) is 0 Å². The fourth-order valence-corrected chi connectivity index (χ4v) is 2.89. The van der Waals surface area contributed by atoms with Gasteiger partial charge in [-0.1, -0.05) is 29.4 Å². The number of rotatable bonds is 7. The third-order valence-electron chi connectivity index (χ3n) is 3.17. The molecule has 1 heterocycles. The molecule has 1 aromatic carbocycles. The van der Waals surface area contributed by atoms with Crippen LogP contribution in [0.4, 0.5) is 18.0 Å². The molecule has 150 valence electrons. The zero-order chi connectivity index (χ0) is 20.7. The van der Waals surface area contributed by atoms with E-state index in [1.807, 2.05) is 5.32 Å². The molecule has 0 saturated heterocycles. The molecule has 1 aromatic heterocycles. The summed E-state index contributed by atoms with van der Waals surface area (Å²) in [5.41, 5.74) is 0.751. The van der Waals surface area contributed by atoms with Crippen molar-refractivity contribution in [3.8, 4) is 11.4 Å². The number of imide groups is 1. The zero-order valence-corrected chi connectivity index (χ0v) is 15.9. The Morgan fingerprint density at radius 3 is 2.54 bits per heavy atom. The lowest BCUT2D eigenvalue weighted by atomic mass is 10.2. The van der Waals surface area contributed by atoms with Crippen molar-refractivity contribution in [3.05, 3.63) is 41.9 Å². The average Bonchev–Trinajstić information content (AvgIpc) is 3.01. The number of amides is 3. The second-order valence-corrected chi connectivity index (χ2v) is 6.73. The number of halogens is 4. The molecule has 3 amide bonds. The molecule has 0 bridgehead atoms. The van der Waals surface area contributed by atoms with E-state index in [4.69, 9.17) is 11.6 Å². The molecule has 0 radical (unpaired) electrons. The Kier molecular flexibility index (Phi) is 7.46. The van der Waals surface area contributed by atoms with Gasteiger partial charge in [0.1, 0.15) is 6.54 Å². The highest BCUT2D eigenvalue weighted by molar-refractivity contribution is 7.99. The van der Waals surface area contributed by atoms with Gasteiger partial charge in [-0.2, -0.15) is 13.2 Å². The summed E-state index contributed by atoms with van der Waals surface area (Å²) in [6.07, 6.45) is -2.94. The van der Waals surface area contributed by atoms with Crippen molar-refractivity contribution in [1.29, 1.82) is 0 Å². The Morgan fingerprint density at radius 2 is 1.93 bits per heavy atom. The summed E-state index contributed by atoms with van der Waals surface area (Å²) < 4.78 is 37.8. The fraction of sp³-hybridized carbons (Fsp3) is 0.250. The number of allylic oxidation sites excluding steroid dienone is 1. The van der Waals surface area contributed by atoms with Crippen molar-refractivity contribution in [2.24, 2.45) is 0 Å². The molecule has 2 aromatic rings. The van der Waals surface area contributed by atoms with E-state index in [2.05, 4.69) is 16.8 Å². The van der Waals surface area contributed by atoms with E-state index in [1.165, 1.54) is 0 Å². The van der Waals surface area contributed by atoms with Gasteiger partial charge in [-0.15, -0.1) is 16.8 Å². The first-order valence-corrected chi connectivity index (χ1v) is 9.13. The first kappa shape index (κ1) is 21.8. The maximum absolute atomic E-state index is 12.0. The largest absolute Gasteiger partial charge is 0.405 e. The molecule has 0 aliphatic carbocycles. The third-order valence-corrected chi connectivity index (χ3v) is 4.38. The highest BCUT2D eigenvalue weighted by Gasteiger charge is 2.28. The maximum Gasteiger partial charge on any atom is 0.405 e. The van der Waals surface area contributed by atoms with Gasteiger partial charge in [-0.3, -0.25) is 14.7 Å². The Labute approximate surface area is 167 Å². The predicted octanol–water partition coefficient (Wildman–Crippen LogP) is 3.26. The molecular weight excluding hydrogens is 419 g/mol. The second kappa shape index (κ2) is 9.60. The van der Waals surface area contributed by atoms with E-state index >= 15 is 0 Å². The van der Waals surface area contributed by atoms with Crippen molar-refractivity contribution >= 4 is 35.3 Å². The number of urea groups is 1. The van der Waals surface area contributed by atoms with E-state index < -0.39 is 24.7 Å². The van der Waals surface area contributed by atoms with Crippen LogP contribution < -0.4 is 10.6 Å². The number of carbonyl (C=O) groups is 2. The van der Waals surface area contributed by atoms with E-state index in [0.29, 0.717) is 22.5 Å². The number of hydrogen-bond acceptors (Lipinski definition) is 5. The normalized spacial score (nSPS) is 11.1. The summed E-state index contributed by atoms with van der Waals surface area (Å²) in [5.74, 6) is -0.483. The van der Waals surface area contributed by atoms with E-state index in [1.54, 1.807) is 40.2 Å². The van der Waals surface area contributed by atoms with E-state index in [-0.39, 0.29) is 5.75 Å². The van der Waals surface area contributed by atoms with Crippen LogP contribution in [0.2, 0.25) is 5.02 Å². The van der Waals surface area contributed by atoms with E-state index in [9.17, 15) is 22.8 Å². The molecule has 7 nitrogen and oxygen atoms in total. The number of hydrogen-bond donors (Lipinski definition) is 2. The quantitative estimate of drug-likeness (QED) is 0.517. The summed E-state index contributed by atoms with van der Waals surface area (Å²) in [6.45, 7) is 2.50. The van der Waals surface area contributed by atoms with Crippen molar-refractivity contribution in [1.82, 2.24) is 25.4 Å². The molecule has 0 aliphatic heterocycles. The second-order valence-electron chi connectivity index (χ2n) is 5.35. The minimum absolute atomic E-state index is 0.241. The molecular formula is C16H15ClF3N5O2S. The molecule has 0 fully saturated rings. The lowest BCUT2D eigenvalue weighted by Gasteiger charge is -2.09. The SMILES string of the molecule is C=CCn1c(SCC(=O)NC(=O)NCC(F)(F)F)nnc1-c1ccc(Cl)cc1. The van der Waals surface area contributed by atoms with Gasteiger partial charge in [0, 0.05) is 17.1 Å².